The molecule has 4 rings (SSSR count). The number of aromatic amines is 1. The van der Waals surface area contributed by atoms with Crippen molar-refractivity contribution >= 4 is 45.2 Å². The number of anilines is 1. The minimum atomic E-state index is -3.71. The highest BCUT2D eigenvalue weighted by molar-refractivity contribution is 7.91. The quantitative estimate of drug-likeness (QED) is 0.213. The van der Waals surface area contributed by atoms with Gasteiger partial charge in [-0.1, -0.05) is 44.5 Å². The third-order valence-electron chi connectivity index (χ3n) is 6.20. The third-order valence-corrected chi connectivity index (χ3v) is 8.58. The Morgan fingerprint density at radius 2 is 1.87 bits per heavy atom. The highest BCUT2D eigenvalue weighted by atomic mass is 35.5. The first kappa shape index (κ1) is 33.0. The van der Waals surface area contributed by atoms with Crippen LogP contribution in [0.5, 0.6) is 0 Å². The van der Waals surface area contributed by atoms with Crippen molar-refractivity contribution in [2.75, 3.05) is 23.9 Å². The SMILES string of the molecule is COC(=O)Nc1ccc(-c2cc([C@H](CS(=O)(=O)CC(C)(C)C)NC(=O)/C=C/c3cc(Cl)ccc3-n3cnnn3)n[nH]c2=O)cc1. The number of ether oxygens (including phenoxy) is 1. The van der Waals surface area contributed by atoms with Gasteiger partial charge >= 0.3 is 6.09 Å². The number of nitrogens with one attached hydrogen (secondary N) is 3. The Bertz CT molecular complexity index is 1870. The zero-order valence-electron chi connectivity index (χ0n) is 24.8. The number of carbonyl (C=O) groups excluding carboxylic acids is 2. The maximum atomic E-state index is 13.2. The lowest BCUT2D eigenvalue weighted by molar-refractivity contribution is -0.117. The van der Waals surface area contributed by atoms with Gasteiger partial charge in [-0.3, -0.25) is 14.9 Å². The molecule has 3 N–H and O–H groups in total. The molecule has 0 unspecified atom stereocenters. The number of tetrazole rings is 1. The van der Waals surface area contributed by atoms with Crippen LogP contribution in [0, 0.1) is 5.41 Å². The molecule has 0 saturated heterocycles. The Kier molecular flexibility index (Phi) is 10.1. The van der Waals surface area contributed by atoms with Crippen LogP contribution < -0.4 is 16.2 Å². The van der Waals surface area contributed by atoms with Crippen LogP contribution in [-0.2, 0) is 19.4 Å². The first-order valence-corrected chi connectivity index (χ1v) is 15.7. The summed E-state index contributed by atoms with van der Waals surface area (Å²) >= 11 is 6.18. The maximum Gasteiger partial charge on any atom is 0.411 e. The second kappa shape index (κ2) is 13.8. The van der Waals surface area contributed by atoms with E-state index in [1.54, 1.807) is 63.2 Å². The molecule has 0 radical (unpaired) electrons. The number of sulfone groups is 1. The predicted octanol–water partition coefficient (Wildman–Crippen LogP) is 3.58. The monoisotopic (exact) mass is 654 g/mol. The first-order chi connectivity index (χ1) is 21.2. The molecular weight excluding hydrogens is 624 g/mol. The number of aromatic nitrogens is 6. The second-order valence-corrected chi connectivity index (χ2v) is 13.7. The number of amides is 2. The van der Waals surface area contributed by atoms with Crippen molar-refractivity contribution in [3.05, 3.63) is 87.6 Å². The number of rotatable bonds is 10. The van der Waals surface area contributed by atoms with Crippen molar-refractivity contribution in [3.8, 4) is 16.8 Å². The Balaban J connectivity index is 1.66. The molecule has 0 aliphatic rings. The van der Waals surface area contributed by atoms with Crippen molar-refractivity contribution in [2.24, 2.45) is 5.41 Å². The van der Waals surface area contributed by atoms with E-state index in [1.807, 2.05) is 0 Å². The van der Waals surface area contributed by atoms with E-state index in [9.17, 15) is 22.8 Å². The molecule has 2 aromatic heterocycles. The Morgan fingerprint density at radius 3 is 2.51 bits per heavy atom. The van der Waals surface area contributed by atoms with Gasteiger partial charge in [0.25, 0.3) is 5.56 Å². The average molecular weight is 655 g/mol. The molecule has 2 amide bonds. The van der Waals surface area contributed by atoms with Gasteiger partial charge in [0.15, 0.2) is 9.84 Å². The molecule has 236 valence electrons. The average Bonchev–Trinajstić information content (AvgIpc) is 3.50. The minimum Gasteiger partial charge on any atom is -0.453 e. The molecule has 2 heterocycles. The van der Waals surface area contributed by atoms with Gasteiger partial charge < -0.3 is 10.1 Å². The topological polar surface area (TPSA) is 191 Å². The summed E-state index contributed by atoms with van der Waals surface area (Å²) in [4.78, 5) is 37.5. The lowest BCUT2D eigenvalue weighted by Gasteiger charge is -2.22. The fourth-order valence-electron chi connectivity index (χ4n) is 4.41. The lowest BCUT2D eigenvalue weighted by Crippen LogP contribution is -2.36. The Hall–Kier alpha value is -4.89. The molecule has 2 aromatic carbocycles. The molecule has 0 spiro atoms. The molecule has 1 atom stereocenters. The number of halogens is 1. The zero-order chi connectivity index (χ0) is 32.8. The standard InChI is InChI=1S/C29H31ClN8O6S/c1-29(2,3)16-45(42,43)15-24(33-26(39)12-7-19-13-20(30)8-11-25(19)38-17-31-36-37-38)23-14-22(27(40)35-34-23)18-5-9-21(10-6-18)32-28(41)44-4/h5-14,17,24H,15-16H2,1-4H3,(H,32,41)(H,33,39)(H,35,40)/b12-7+/t24-/m0/s1. The molecule has 4 aromatic rings. The van der Waals surface area contributed by atoms with Crippen molar-refractivity contribution in [1.82, 2.24) is 35.7 Å². The van der Waals surface area contributed by atoms with Gasteiger partial charge in [0.2, 0.25) is 5.91 Å². The van der Waals surface area contributed by atoms with E-state index in [4.69, 9.17) is 11.6 Å². The number of hydrogen-bond acceptors (Lipinski definition) is 10. The zero-order valence-corrected chi connectivity index (χ0v) is 26.4. The summed E-state index contributed by atoms with van der Waals surface area (Å²) in [5.74, 6) is -1.25. The predicted molar refractivity (Wildman–Crippen MR) is 169 cm³/mol. The molecule has 0 aliphatic heterocycles. The molecule has 16 heteroatoms. The number of nitrogens with zero attached hydrogens (tertiary/aromatic N) is 5. The van der Waals surface area contributed by atoms with Crippen LogP contribution in [0.3, 0.4) is 0 Å². The van der Waals surface area contributed by atoms with Crippen LogP contribution in [0.15, 0.2) is 65.7 Å². The number of methoxy groups -OCH3 is 1. The molecule has 0 aliphatic carbocycles. The number of carbonyl (C=O) groups is 2. The smallest absolute Gasteiger partial charge is 0.411 e. The van der Waals surface area contributed by atoms with Crippen molar-refractivity contribution in [2.45, 2.75) is 26.8 Å². The summed E-state index contributed by atoms with van der Waals surface area (Å²) in [7, 11) is -2.48. The lowest BCUT2D eigenvalue weighted by atomic mass is 10.0. The van der Waals surface area contributed by atoms with Gasteiger partial charge in [-0.05, 0) is 63.9 Å². The van der Waals surface area contributed by atoms with Crippen LogP contribution in [0.25, 0.3) is 22.9 Å². The first-order valence-electron chi connectivity index (χ1n) is 13.5. The number of H-pyrrole nitrogens is 1. The molecule has 0 saturated carbocycles. The van der Waals surface area contributed by atoms with E-state index in [-0.39, 0.29) is 17.0 Å². The summed E-state index contributed by atoms with van der Waals surface area (Å²) in [5, 5.41) is 23.3. The van der Waals surface area contributed by atoms with Gasteiger partial charge in [-0.2, -0.15) is 9.78 Å². The molecule has 45 heavy (non-hydrogen) atoms. The fourth-order valence-corrected chi connectivity index (χ4v) is 6.79. The normalized spacial score (nSPS) is 12.6. The fraction of sp³-hybridized carbons (Fsp3) is 0.276. The van der Waals surface area contributed by atoms with Crippen LogP contribution in [0.1, 0.15) is 38.1 Å². The van der Waals surface area contributed by atoms with Gasteiger partial charge in [0.05, 0.1) is 41.6 Å². The van der Waals surface area contributed by atoms with E-state index >= 15 is 0 Å². The molecule has 0 bridgehead atoms. The third kappa shape index (κ3) is 9.30. The van der Waals surface area contributed by atoms with Crippen LogP contribution in [0.2, 0.25) is 5.02 Å². The van der Waals surface area contributed by atoms with Crippen LogP contribution >= 0.6 is 11.6 Å². The van der Waals surface area contributed by atoms with E-state index in [0.717, 1.165) is 0 Å². The van der Waals surface area contributed by atoms with E-state index < -0.39 is 44.6 Å². The van der Waals surface area contributed by atoms with Gasteiger partial charge in [-0.25, -0.2) is 18.3 Å². The van der Waals surface area contributed by atoms with Crippen molar-refractivity contribution in [1.29, 1.82) is 0 Å². The van der Waals surface area contributed by atoms with E-state index in [0.29, 0.717) is 27.5 Å². The number of hydrogen-bond donors (Lipinski definition) is 3. The number of benzene rings is 2. The van der Waals surface area contributed by atoms with Crippen LogP contribution in [-0.4, -0.2) is 69.4 Å². The summed E-state index contributed by atoms with van der Waals surface area (Å²) in [5.41, 5.74) is 1.20. The summed E-state index contributed by atoms with van der Waals surface area (Å²) in [6.45, 7) is 5.38. The van der Waals surface area contributed by atoms with E-state index in [1.165, 1.54) is 36.3 Å². The second-order valence-electron chi connectivity index (χ2n) is 11.2. The minimum absolute atomic E-state index is 0.123. The summed E-state index contributed by atoms with van der Waals surface area (Å²) < 4.78 is 32.4. The van der Waals surface area contributed by atoms with E-state index in [2.05, 4.69) is 41.1 Å². The largest absolute Gasteiger partial charge is 0.453 e. The molecule has 14 nitrogen and oxygen atoms in total. The molecule has 0 fully saturated rings. The van der Waals surface area contributed by atoms with Crippen molar-refractivity contribution < 1.29 is 22.7 Å². The Labute approximate surface area is 263 Å². The summed E-state index contributed by atoms with van der Waals surface area (Å²) in [6, 6.07) is 11.6. The van der Waals surface area contributed by atoms with Crippen LogP contribution in [0.4, 0.5) is 10.5 Å². The van der Waals surface area contributed by atoms with Gasteiger partial charge in [-0.15, -0.1) is 5.10 Å². The Morgan fingerprint density at radius 1 is 1.13 bits per heavy atom. The van der Waals surface area contributed by atoms with Crippen molar-refractivity contribution in [3.63, 3.8) is 0 Å². The summed E-state index contributed by atoms with van der Waals surface area (Å²) in [6.07, 6.45) is 3.45. The molecular formula is C29H31ClN8O6S. The van der Waals surface area contributed by atoms with Gasteiger partial charge in [0, 0.05) is 22.3 Å². The maximum absolute atomic E-state index is 13.2. The van der Waals surface area contributed by atoms with Gasteiger partial charge in [0.1, 0.15) is 6.33 Å². The highest BCUT2D eigenvalue weighted by Crippen LogP contribution is 2.24. The highest BCUT2D eigenvalue weighted by Gasteiger charge is 2.28.